The van der Waals surface area contributed by atoms with Gasteiger partial charge in [0, 0.05) is 6.07 Å². The number of carboxylic acids is 1. The number of nitrogen functional groups attached to an aromatic ring is 1. The van der Waals surface area contributed by atoms with Crippen molar-refractivity contribution in [3.63, 3.8) is 0 Å². The van der Waals surface area contributed by atoms with E-state index in [0.29, 0.717) is 23.8 Å². The third-order valence-electron chi connectivity index (χ3n) is 2.29. The molecule has 0 unspecified atom stereocenters. The number of rotatable bonds is 4. The van der Waals surface area contributed by atoms with Gasteiger partial charge < -0.3 is 20.7 Å². The van der Waals surface area contributed by atoms with E-state index >= 15 is 0 Å². The van der Waals surface area contributed by atoms with E-state index in [2.05, 4.69) is 15.5 Å². The van der Waals surface area contributed by atoms with Gasteiger partial charge in [0.2, 0.25) is 0 Å². The van der Waals surface area contributed by atoms with Crippen LogP contribution in [0.1, 0.15) is 21.8 Å². The molecule has 94 valence electrons. The minimum Gasteiger partial charge on any atom is -0.478 e. The first-order chi connectivity index (χ1) is 8.56. The molecule has 0 saturated carbocycles. The fourth-order valence-corrected chi connectivity index (χ4v) is 1.43. The van der Waals surface area contributed by atoms with Crippen molar-refractivity contribution >= 4 is 17.5 Å². The van der Waals surface area contributed by atoms with E-state index in [9.17, 15) is 4.79 Å². The monoisotopic (exact) mass is 248 g/mol. The molecule has 2 rings (SSSR count). The predicted octanol–water partition coefficient (Wildman–Crippen LogP) is 1.27. The molecule has 0 aliphatic rings. The van der Waals surface area contributed by atoms with Gasteiger partial charge in [-0.25, -0.2) is 9.78 Å². The van der Waals surface area contributed by atoms with E-state index in [0.717, 1.165) is 0 Å². The maximum absolute atomic E-state index is 10.9. The second-order valence-corrected chi connectivity index (χ2v) is 3.74. The highest BCUT2D eigenvalue weighted by atomic mass is 16.5. The molecule has 7 nitrogen and oxygen atoms in total. The first-order valence-electron chi connectivity index (χ1n) is 5.21. The standard InChI is InChI=1S/C11H12N4O3/c1-6-2-7(15-18-6)4-13-10-3-8(11(16)17)9(12)5-14-10/h2-3,5H,4,12H2,1H3,(H,13,14)(H,16,17). The van der Waals surface area contributed by atoms with Gasteiger partial charge in [-0.05, 0) is 13.0 Å². The Kier molecular flexibility index (Phi) is 3.13. The molecule has 2 aromatic heterocycles. The lowest BCUT2D eigenvalue weighted by molar-refractivity contribution is 0.0698. The van der Waals surface area contributed by atoms with Crippen molar-refractivity contribution in [1.29, 1.82) is 0 Å². The lowest BCUT2D eigenvalue weighted by Crippen LogP contribution is -2.07. The van der Waals surface area contributed by atoms with Crippen LogP contribution in [0.2, 0.25) is 0 Å². The normalized spacial score (nSPS) is 10.3. The van der Waals surface area contributed by atoms with Crippen LogP contribution in [-0.2, 0) is 6.54 Å². The molecule has 0 atom stereocenters. The van der Waals surface area contributed by atoms with E-state index < -0.39 is 5.97 Å². The second kappa shape index (κ2) is 4.74. The molecule has 0 saturated heterocycles. The van der Waals surface area contributed by atoms with Crippen LogP contribution in [0.4, 0.5) is 11.5 Å². The van der Waals surface area contributed by atoms with Crippen molar-refractivity contribution < 1.29 is 14.4 Å². The summed E-state index contributed by atoms with van der Waals surface area (Å²) in [5.41, 5.74) is 6.36. The van der Waals surface area contributed by atoms with Gasteiger partial charge in [0.05, 0.1) is 24.0 Å². The molecule has 7 heteroatoms. The number of nitrogens with one attached hydrogen (secondary N) is 1. The van der Waals surface area contributed by atoms with E-state index in [1.165, 1.54) is 12.3 Å². The van der Waals surface area contributed by atoms with Crippen LogP contribution >= 0.6 is 0 Å². The molecule has 0 amide bonds. The second-order valence-electron chi connectivity index (χ2n) is 3.74. The molecular weight excluding hydrogens is 236 g/mol. The van der Waals surface area contributed by atoms with Gasteiger partial charge in [0.15, 0.2) is 0 Å². The smallest absolute Gasteiger partial charge is 0.337 e. The van der Waals surface area contributed by atoms with Crippen LogP contribution in [0.15, 0.2) is 22.9 Å². The number of hydrogen-bond donors (Lipinski definition) is 3. The van der Waals surface area contributed by atoms with Crippen molar-refractivity contribution in [2.75, 3.05) is 11.1 Å². The number of aryl methyl sites for hydroxylation is 1. The third-order valence-corrected chi connectivity index (χ3v) is 2.29. The zero-order valence-corrected chi connectivity index (χ0v) is 9.67. The molecule has 2 heterocycles. The highest BCUT2D eigenvalue weighted by Crippen LogP contribution is 2.15. The number of nitrogens with zero attached hydrogens (tertiary/aromatic N) is 2. The summed E-state index contributed by atoms with van der Waals surface area (Å²) in [6.45, 7) is 2.19. The van der Waals surface area contributed by atoms with Crippen molar-refractivity contribution in [3.05, 3.63) is 35.3 Å². The van der Waals surface area contributed by atoms with Crippen LogP contribution in [0.5, 0.6) is 0 Å². The molecule has 0 bridgehead atoms. The fraction of sp³-hybridized carbons (Fsp3) is 0.182. The van der Waals surface area contributed by atoms with Gasteiger partial charge in [0.1, 0.15) is 17.3 Å². The number of pyridine rings is 1. The minimum atomic E-state index is -1.09. The summed E-state index contributed by atoms with van der Waals surface area (Å²) in [4.78, 5) is 14.9. The lowest BCUT2D eigenvalue weighted by atomic mass is 10.2. The SMILES string of the molecule is Cc1cc(CNc2cc(C(=O)O)c(N)cn2)no1. The molecule has 2 aromatic rings. The van der Waals surface area contributed by atoms with Gasteiger partial charge in [-0.1, -0.05) is 5.16 Å². The molecule has 0 aliphatic carbocycles. The third kappa shape index (κ3) is 2.57. The highest BCUT2D eigenvalue weighted by molar-refractivity contribution is 5.94. The number of hydrogen-bond acceptors (Lipinski definition) is 6. The zero-order chi connectivity index (χ0) is 13.1. The molecule has 0 fully saturated rings. The Morgan fingerprint density at radius 3 is 2.94 bits per heavy atom. The quantitative estimate of drug-likeness (QED) is 0.746. The molecular formula is C11H12N4O3. The van der Waals surface area contributed by atoms with E-state index in [1.807, 2.05) is 0 Å². The van der Waals surface area contributed by atoms with E-state index in [-0.39, 0.29) is 11.3 Å². The number of aromatic nitrogens is 2. The van der Waals surface area contributed by atoms with Crippen LogP contribution in [0, 0.1) is 6.92 Å². The van der Waals surface area contributed by atoms with Crippen molar-refractivity contribution in [3.8, 4) is 0 Å². The summed E-state index contributed by atoms with van der Waals surface area (Å²) in [7, 11) is 0. The van der Waals surface area contributed by atoms with Crippen LogP contribution in [0.25, 0.3) is 0 Å². The first kappa shape index (κ1) is 11.9. The lowest BCUT2D eigenvalue weighted by Gasteiger charge is -2.05. The number of nitrogens with two attached hydrogens (primary N) is 1. The number of carboxylic acid groups (broad SMARTS) is 1. The first-order valence-corrected chi connectivity index (χ1v) is 5.21. The Balaban J connectivity index is 2.10. The summed E-state index contributed by atoms with van der Waals surface area (Å²) >= 11 is 0. The number of anilines is 2. The van der Waals surface area contributed by atoms with Crippen LogP contribution in [-0.4, -0.2) is 21.2 Å². The van der Waals surface area contributed by atoms with Gasteiger partial charge >= 0.3 is 5.97 Å². The minimum absolute atomic E-state index is 0.0174. The van der Waals surface area contributed by atoms with Gasteiger partial charge in [-0.15, -0.1) is 0 Å². The van der Waals surface area contributed by atoms with Gasteiger partial charge in [-0.2, -0.15) is 0 Å². The molecule has 0 aromatic carbocycles. The highest BCUT2D eigenvalue weighted by Gasteiger charge is 2.09. The molecule has 18 heavy (non-hydrogen) atoms. The Labute approximate surface area is 103 Å². The molecule has 4 N–H and O–H groups in total. The predicted molar refractivity (Wildman–Crippen MR) is 64.2 cm³/mol. The summed E-state index contributed by atoms with van der Waals surface area (Å²) in [5.74, 6) is 0.0424. The Morgan fingerprint density at radius 1 is 1.56 bits per heavy atom. The zero-order valence-electron chi connectivity index (χ0n) is 9.67. The molecule has 0 aliphatic heterocycles. The van der Waals surface area contributed by atoms with Crippen molar-refractivity contribution in [2.24, 2.45) is 0 Å². The van der Waals surface area contributed by atoms with Gasteiger partial charge in [-0.3, -0.25) is 0 Å². The Morgan fingerprint density at radius 2 is 2.33 bits per heavy atom. The topological polar surface area (TPSA) is 114 Å². The van der Waals surface area contributed by atoms with Gasteiger partial charge in [0.25, 0.3) is 0 Å². The summed E-state index contributed by atoms with van der Waals surface area (Å²) < 4.78 is 4.91. The summed E-state index contributed by atoms with van der Waals surface area (Å²) in [6.07, 6.45) is 1.31. The molecule has 0 radical (unpaired) electrons. The summed E-state index contributed by atoms with van der Waals surface area (Å²) in [6, 6.07) is 3.16. The number of carbonyl (C=O) groups is 1. The van der Waals surface area contributed by atoms with Crippen LogP contribution < -0.4 is 11.1 Å². The molecule has 0 spiro atoms. The van der Waals surface area contributed by atoms with E-state index in [4.69, 9.17) is 15.4 Å². The average Bonchev–Trinajstić information content (AvgIpc) is 2.74. The number of aromatic carboxylic acids is 1. The maximum atomic E-state index is 10.9. The Hall–Kier alpha value is -2.57. The van der Waals surface area contributed by atoms with E-state index in [1.54, 1.807) is 13.0 Å². The van der Waals surface area contributed by atoms with Crippen molar-refractivity contribution in [2.45, 2.75) is 13.5 Å². The maximum Gasteiger partial charge on any atom is 0.337 e. The average molecular weight is 248 g/mol. The van der Waals surface area contributed by atoms with Crippen LogP contribution in [0.3, 0.4) is 0 Å². The fourth-order valence-electron chi connectivity index (χ4n) is 1.43. The summed E-state index contributed by atoms with van der Waals surface area (Å²) in [5, 5.41) is 15.7. The van der Waals surface area contributed by atoms with Crippen molar-refractivity contribution in [1.82, 2.24) is 10.1 Å². The largest absolute Gasteiger partial charge is 0.478 e. The Bertz CT molecular complexity index is 579.